The summed E-state index contributed by atoms with van der Waals surface area (Å²) < 4.78 is 0. The Morgan fingerprint density at radius 1 is 1.10 bits per heavy atom. The Bertz CT molecular complexity index is 609. The van der Waals surface area contributed by atoms with E-state index in [-0.39, 0.29) is 5.41 Å². The monoisotopic (exact) mass is 267 g/mol. The number of benzene rings is 1. The smallest absolute Gasteiger partial charge is 0.0445 e. The van der Waals surface area contributed by atoms with E-state index in [2.05, 4.69) is 65.8 Å². The van der Waals surface area contributed by atoms with Gasteiger partial charge in [-0.2, -0.15) is 0 Å². The summed E-state index contributed by atoms with van der Waals surface area (Å²) in [6.45, 7) is 12.9. The molecule has 0 saturated heterocycles. The Morgan fingerprint density at radius 3 is 2.20 bits per heavy atom. The van der Waals surface area contributed by atoms with Crippen LogP contribution in [0.2, 0.25) is 0 Å². The van der Waals surface area contributed by atoms with E-state index in [0.29, 0.717) is 11.6 Å². The number of nitrogens with one attached hydrogen (secondary N) is 1. The Hall–Kier alpha value is -1.63. The molecular formula is C19H25N. The van der Waals surface area contributed by atoms with Gasteiger partial charge in [0, 0.05) is 22.6 Å². The third-order valence-corrected chi connectivity index (χ3v) is 4.19. The maximum Gasteiger partial charge on any atom is 0.0445 e. The fraction of sp³-hybridized carbons (Fsp3) is 0.421. The Kier molecular flexibility index (Phi) is 3.73. The van der Waals surface area contributed by atoms with Crippen LogP contribution in [0, 0.1) is 16.7 Å². The molecule has 0 fully saturated rings. The van der Waals surface area contributed by atoms with Crippen LogP contribution in [0.25, 0.3) is 5.57 Å². The van der Waals surface area contributed by atoms with E-state index >= 15 is 0 Å². The molecule has 1 nitrogen and oxygen atoms in total. The third-order valence-electron chi connectivity index (χ3n) is 4.19. The minimum absolute atomic E-state index is 0.130. The second-order valence-corrected chi connectivity index (χ2v) is 6.85. The number of rotatable bonds is 2. The lowest BCUT2D eigenvalue weighted by Gasteiger charge is -2.24. The van der Waals surface area contributed by atoms with Crippen LogP contribution in [0.5, 0.6) is 0 Å². The van der Waals surface area contributed by atoms with Crippen LogP contribution in [0.3, 0.4) is 0 Å². The van der Waals surface area contributed by atoms with Crippen LogP contribution in [-0.2, 0) is 0 Å². The molecule has 106 valence electrons. The summed E-state index contributed by atoms with van der Waals surface area (Å²) in [6, 6.07) is 8.37. The van der Waals surface area contributed by atoms with Crippen molar-refractivity contribution in [2.24, 2.45) is 11.3 Å². The van der Waals surface area contributed by atoms with Crippen molar-refractivity contribution >= 4 is 11.3 Å². The van der Waals surface area contributed by atoms with Gasteiger partial charge in [-0.25, -0.2) is 0 Å². The zero-order chi connectivity index (χ0) is 15.1. The van der Waals surface area contributed by atoms with Crippen LogP contribution in [-0.4, -0.2) is 5.71 Å². The van der Waals surface area contributed by atoms with Crippen LogP contribution in [0.1, 0.15) is 52.7 Å². The molecule has 0 amide bonds. The summed E-state index contributed by atoms with van der Waals surface area (Å²) in [5, 5.41) is 8.53. The molecular weight excluding hydrogens is 242 g/mol. The topological polar surface area (TPSA) is 23.9 Å². The molecule has 1 aliphatic rings. The van der Waals surface area contributed by atoms with E-state index < -0.39 is 0 Å². The Morgan fingerprint density at radius 2 is 1.70 bits per heavy atom. The molecule has 0 radical (unpaired) electrons. The van der Waals surface area contributed by atoms with Crippen molar-refractivity contribution in [1.82, 2.24) is 0 Å². The molecule has 1 unspecified atom stereocenters. The first-order valence-corrected chi connectivity index (χ1v) is 7.32. The molecule has 1 atom stereocenters. The summed E-state index contributed by atoms with van der Waals surface area (Å²) >= 11 is 0. The highest BCUT2D eigenvalue weighted by molar-refractivity contribution is 6.06. The van der Waals surface area contributed by atoms with Gasteiger partial charge in [-0.05, 0) is 30.6 Å². The predicted molar refractivity (Wildman–Crippen MR) is 88.2 cm³/mol. The first-order chi connectivity index (χ1) is 9.23. The Balaban J connectivity index is 2.59. The summed E-state index contributed by atoms with van der Waals surface area (Å²) in [6.07, 6.45) is 2.32. The first kappa shape index (κ1) is 14.8. The van der Waals surface area contributed by atoms with Crippen molar-refractivity contribution in [2.75, 3.05) is 0 Å². The predicted octanol–water partition coefficient (Wildman–Crippen LogP) is 5.47. The van der Waals surface area contributed by atoms with Gasteiger partial charge in [0.05, 0.1) is 0 Å². The van der Waals surface area contributed by atoms with Gasteiger partial charge in [-0.3, -0.25) is 0 Å². The minimum Gasteiger partial charge on any atom is -0.304 e. The van der Waals surface area contributed by atoms with Gasteiger partial charge in [-0.1, -0.05) is 63.6 Å². The molecule has 20 heavy (non-hydrogen) atoms. The normalized spacial score (nSPS) is 19.3. The first-order valence-electron chi connectivity index (χ1n) is 7.32. The molecule has 1 N–H and O–H groups in total. The fourth-order valence-corrected chi connectivity index (χ4v) is 2.92. The van der Waals surface area contributed by atoms with Crippen molar-refractivity contribution in [3.63, 3.8) is 0 Å². The zero-order valence-corrected chi connectivity index (χ0v) is 13.5. The summed E-state index contributed by atoms with van der Waals surface area (Å²) in [7, 11) is 0. The SMILES string of the molecule is CC1=CC(C)C(c2ccccc2C(=N)C(C)(C)C)=C1C. The minimum atomic E-state index is -0.130. The molecule has 1 aromatic carbocycles. The highest BCUT2D eigenvalue weighted by atomic mass is 14.5. The van der Waals surface area contributed by atoms with Crippen molar-refractivity contribution in [2.45, 2.75) is 41.5 Å². The molecule has 1 aromatic rings. The molecule has 0 spiro atoms. The summed E-state index contributed by atoms with van der Waals surface area (Å²) in [5.74, 6) is 0.434. The Labute approximate surface area is 122 Å². The zero-order valence-electron chi connectivity index (χ0n) is 13.5. The molecule has 0 bridgehead atoms. The third kappa shape index (κ3) is 2.49. The molecule has 2 rings (SSSR count). The maximum atomic E-state index is 8.53. The van der Waals surface area contributed by atoms with Crippen molar-refractivity contribution in [3.8, 4) is 0 Å². The fourth-order valence-electron chi connectivity index (χ4n) is 2.92. The van der Waals surface area contributed by atoms with E-state index in [1.165, 1.54) is 22.3 Å². The lowest BCUT2D eigenvalue weighted by Crippen LogP contribution is -2.21. The second kappa shape index (κ2) is 5.05. The molecule has 1 aliphatic carbocycles. The standard InChI is InChI=1S/C19H25N/c1-12-11-13(2)17(14(12)3)15-9-7-8-10-16(15)18(20)19(4,5)6/h7-11,13,20H,1-6H3. The molecule has 0 saturated carbocycles. The van der Waals surface area contributed by atoms with Crippen molar-refractivity contribution < 1.29 is 0 Å². The summed E-state index contributed by atoms with van der Waals surface area (Å²) in [5.41, 5.74) is 7.00. The van der Waals surface area contributed by atoms with E-state index in [0.717, 1.165) is 5.56 Å². The number of hydrogen-bond donors (Lipinski definition) is 1. The summed E-state index contributed by atoms with van der Waals surface area (Å²) in [4.78, 5) is 0. The average Bonchev–Trinajstić information content (AvgIpc) is 2.61. The van der Waals surface area contributed by atoms with Gasteiger partial charge in [0.1, 0.15) is 0 Å². The molecule has 0 aliphatic heterocycles. The van der Waals surface area contributed by atoms with E-state index in [9.17, 15) is 0 Å². The van der Waals surface area contributed by atoms with E-state index in [1.54, 1.807) is 0 Å². The van der Waals surface area contributed by atoms with Gasteiger partial charge < -0.3 is 5.41 Å². The van der Waals surface area contributed by atoms with Gasteiger partial charge in [-0.15, -0.1) is 0 Å². The molecule has 0 heterocycles. The number of hydrogen-bond acceptors (Lipinski definition) is 1. The van der Waals surface area contributed by atoms with Crippen LogP contribution in [0.15, 0.2) is 41.5 Å². The highest BCUT2D eigenvalue weighted by Gasteiger charge is 2.26. The maximum absolute atomic E-state index is 8.53. The van der Waals surface area contributed by atoms with Crippen LogP contribution >= 0.6 is 0 Å². The van der Waals surface area contributed by atoms with Gasteiger partial charge in [0.2, 0.25) is 0 Å². The van der Waals surface area contributed by atoms with Gasteiger partial charge >= 0.3 is 0 Å². The van der Waals surface area contributed by atoms with Gasteiger partial charge in [0.25, 0.3) is 0 Å². The van der Waals surface area contributed by atoms with Crippen LogP contribution < -0.4 is 0 Å². The largest absolute Gasteiger partial charge is 0.304 e. The van der Waals surface area contributed by atoms with Crippen molar-refractivity contribution in [1.29, 1.82) is 5.41 Å². The quantitative estimate of drug-likeness (QED) is 0.687. The highest BCUT2D eigenvalue weighted by Crippen LogP contribution is 2.39. The lowest BCUT2D eigenvalue weighted by atomic mass is 9.81. The van der Waals surface area contributed by atoms with Crippen LogP contribution in [0.4, 0.5) is 0 Å². The lowest BCUT2D eigenvalue weighted by molar-refractivity contribution is 0.588. The van der Waals surface area contributed by atoms with Crippen molar-refractivity contribution in [3.05, 3.63) is 52.6 Å². The molecule has 1 heteroatoms. The molecule has 0 aromatic heterocycles. The second-order valence-electron chi connectivity index (χ2n) is 6.85. The van der Waals surface area contributed by atoms with E-state index in [4.69, 9.17) is 5.41 Å². The average molecular weight is 267 g/mol. The van der Waals surface area contributed by atoms with E-state index in [1.807, 2.05) is 6.07 Å². The number of allylic oxidation sites excluding steroid dienone is 4. The van der Waals surface area contributed by atoms with Gasteiger partial charge in [0.15, 0.2) is 0 Å².